The highest BCUT2D eigenvalue weighted by atomic mass is 32.2. The van der Waals surface area contributed by atoms with Gasteiger partial charge in [-0.15, -0.1) is 11.3 Å². The molecule has 4 rings (SSSR count). The number of amides is 1. The van der Waals surface area contributed by atoms with Gasteiger partial charge in [0.05, 0.1) is 10.6 Å². The van der Waals surface area contributed by atoms with E-state index in [1.807, 2.05) is 73.8 Å². The van der Waals surface area contributed by atoms with Gasteiger partial charge in [0, 0.05) is 17.5 Å². The van der Waals surface area contributed by atoms with Crippen LogP contribution in [-0.4, -0.2) is 27.5 Å². The van der Waals surface area contributed by atoms with Crippen LogP contribution >= 0.6 is 23.1 Å². The maximum absolute atomic E-state index is 12.8. The Bertz CT molecular complexity index is 1070. The quantitative estimate of drug-likeness (QED) is 0.520. The first kappa shape index (κ1) is 18.7. The number of aromatic nitrogens is 1. The molecule has 0 atom stereocenters. The third-order valence-corrected chi connectivity index (χ3v) is 6.04. The van der Waals surface area contributed by atoms with Crippen molar-refractivity contribution in [3.63, 3.8) is 0 Å². The zero-order valence-corrected chi connectivity index (χ0v) is 17.3. The highest BCUT2D eigenvalue weighted by Crippen LogP contribution is 2.35. The van der Waals surface area contributed by atoms with Crippen LogP contribution < -0.4 is 0 Å². The van der Waals surface area contributed by atoms with E-state index in [1.54, 1.807) is 4.90 Å². The molecule has 0 N–H and O–H groups in total. The van der Waals surface area contributed by atoms with Gasteiger partial charge < -0.3 is 0 Å². The lowest BCUT2D eigenvalue weighted by molar-refractivity contribution is -0.122. The zero-order valence-electron chi connectivity index (χ0n) is 15.6. The summed E-state index contributed by atoms with van der Waals surface area (Å²) in [6.45, 7) is 4.58. The molecule has 140 valence electrons. The van der Waals surface area contributed by atoms with E-state index in [1.165, 1.54) is 28.7 Å². The molecule has 1 amide bonds. The van der Waals surface area contributed by atoms with Crippen molar-refractivity contribution in [2.45, 2.75) is 13.8 Å². The van der Waals surface area contributed by atoms with Crippen LogP contribution in [0.25, 0.3) is 17.3 Å². The molecule has 2 heterocycles. The van der Waals surface area contributed by atoms with Crippen LogP contribution in [0.1, 0.15) is 18.1 Å². The van der Waals surface area contributed by atoms with E-state index in [2.05, 4.69) is 16.0 Å². The van der Waals surface area contributed by atoms with Crippen LogP contribution in [0.2, 0.25) is 0 Å². The van der Waals surface area contributed by atoms with Crippen LogP contribution in [0.3, 0.4) is 0 Å². The van der Waals surface area contributed by atoms with E-state index in [9.17, 15) is 4.79 Å². The third kappa shape index (κ3) is 3.93. The molecule has 0 aliphatic carbocycles. The van der Waals surface area contributed by atoms with E-state index in [-0.39, 0.29) is 5.91 Å². The second-order valence-electron chi connectivity index (χ2n) is 6.35. The number of hydrogen-bond donors (Lipinski definition) is 0. The Hall–Kier alpha value is -2.70. The normalized spacial score (nSPS) is 17.1. The number of thioether (sulfide) groups is 1. The largest absolute Gasteiger partial charge is 0.287 e. The van der Waals surface area contributed by atoms with Crippen LogP contribution in [0.15, 0.2) is 69.9 Å². The van der Waals surface area contributed by atoms with Gasteiger partial charge in [0.2, 0.25) is 5.13 Å². The molecule has 28 heavy (non-hydrogen) atoms. The summed E-state index contributed by atoms with van der Waals surface area (Å²) in [5, 5.41) is 3.33. The molecule has 1 aliphatic heterocycles. The molecule has 1 aliphatic rings. The minimum atomic E-state index is -0.00686. The second-order valence-corrected chi connectivity index (χ2v) is 8.20. The molecule has 0 radical (unpaired) electrons. The van der Waals surface area contributed by atoms with Gasteiger partial charge in [0.1, 0.15) is 0 Å². The van der Waals surface area contributed by atoms with Gasteiger partial charge in [-0.25, -0.2) is 4.98 Å². The van der Waals surface area contributed by atoms with Crippen molar-refractivity contribution in [1.29, 1.82) is 0 Å². The van der Waals surface area contributed by atoms with Gasteiger partial charge in [-0.1, -0.05) is 60.2 Å². The van der Waals surface area contributed by atoms with E-state index in [0.29, 0.717) is 21.7 Å². The standard InChI is InChI=1S/C22H19N3OS2/c1-3-25-20(26)19(13-16-9-7-8-15(2)12-16)28-22(25)24-21-23-18(14-27-21)17-10-5-4-6-11-17/h4-14H,3H2,1-2H3/b19-13-,24-22+. The first-order chi connectivity index (χ1) is 13.6. The molecule has 0 spiro atoms. The number of nitrogens with zero attached hydrogens (tertiary/aromatic N) is 3. The van der Waals surface area contributed by atoms with Crippen LogP contribution in [-0.2, 0) is 4.79 Å². The van der Waals surface area contributed by atoms with Gasteiger partial charge >= 0.3 is 0 Å². The Balaban J connectivity index is 1.62. The predicted octanol–water partition coefficient (Wildman–Crippen LogP) is 5.74. The summed E-state index contributed by atoms with van der Waals surface area (Å²) >= 11 is 2.89. The number of carbonyl (C=O) groups excluding carboxylic acids is 1. The summed E-state index contributed by atoms with van der Waals surface area (Å²) in [5.74, 6) is -0.00686. The monoisotopic (exact) mass is 405 g/mol. The number of rotatable bonds is 4. The molecule has 4 nitrogen and oxygen atoms in total. The van der Waals surface area contributed by atoms with Crippen molar-refractivity contribution in [2.24, 2.45) is 4.99 Å². The van der Waals surface area contributed by atoms with Gasteiger partial charge in [0.15, 0.2) is 5.17 Å². The minimum absolute atomic E-state index is 0.00686. The SMILES string of the molecule is CCN1C(=O)/C(=C/c2cccc(C)c2)S/C1=N/c1nc(-c2ccccc2)cs1. The first-order valence-corrected chi connectivity index (χ1v) is 10.7. The van der Waals surface area contributed by atoms with E-state index in [0.717, 1.165) is 16.8 Å². The van der Waals surface area contributed by atoms with Crippen LogP contribution in [0.5, 0.6) is 0 Å². The summed E-state index contributed by atoms with van der Waals surface area (Å²) in [5.41, 5.74) is 4.15. The lowest BCUT2D eigenvalue weighted by Crippen LogP contribution is -2.28. The smallest absolute Gasteiger partial charge is 0.266 e. The molecule has 0 unspecified atom stereocenters. The molecule has 0 bridgehead atoms. The fraction of sp³-hybridized carbons (Fsp3) is 0.136. The van der Waals surface area contributed by atoms with Gasteiger partial charge in [-0.2, -0.15) is 4.99 Å². The zero-order chi connectivity index (χ0) is 19.5. The van der Waals surface area contributed by atoms with Crippen molar-refractivity contribution < 1.29 is 4.79 Å². The Kier molecular flexibility index (Phi) is 5.41. The number of carbonyl (C=O) groups is 1. The molecule has 1 aromatic heterocycles. The number of aryl methyl sites for hydroxylation is 1. The number of aliphatic imine (C=N–C) groups is 1. The fourth-order valence-corrected chi connectivity index (χ4v) is 4.72. The molecule has 3 aromatic rings. The molecular weight excluding hydrogens is 386 g/mol. The van der Waals surface area contributed by atoms with Crippen molar-refractivity contribution in [1.82, 2.24) is 9.88 Å². The maximum atomic E-state index is 12.8. The molecule has 6 heteroatoms. The molecule has 1 saturated heterocycles. The van der Waals surface area contributed by atoms with Crippen molar-refractivity contribution in [3.8, 4) is 11.3 Å². The summed E-state index contributed by atoms with van der Waals surface area (Å²) in [6.07, 6.45) is 1.93. The van der Waals surface area contributed by atoms with E-state index < -0.39 is 0 Å². The van der Waals surface area contributed by atoms with Crippen LogP contribution in [0.4, 0.5) is 5.13 Å². The van der Waals surface area contributed by atoms with Gasteiger partial charge in [-0.05, 0) is 37.2 Å². The van der Waals surface area contributed by atoms with E-state index >= 15 is 0 Å². The average Bonchev–Trinajstić information content (AvgIpc) is 3.28. The summed E-state index contributed by atoms with van der Waals surface area (Å²) in [7, 11) is 0. The Morgan fingerprint density at radius 3 is 2.71 bits per heavy atom. The number of amidine groups is 1. The molecule has 1 fully saturated rings. The number of thiazole rings is 1. The number of benzene rings is 2. The summed E-state index contributed by atoms with van der Waals surface area (Å²) in [4.78, 5) is 24.5. The third-order valence-electron chi connectivity index (χ3n) is 4.30. The second kappa shape index (κ2) is 8.12. The number of likely N-dealkylation sites (N-methyl/N-ethyl adjacent to an activating group) is 1. The summed E-state index contributed by atoms with van der Waals surface area (Å²) in [6, 6.07) is 18.1. The minimum Gasteiger partial charge on any atom is -0.287 e. The van der Waals surface area contributed by atoms with Gasteiger partial charge in [0.25, 0.3) is 5.91 Å². The Labute approximate surface area is 172 Å². The highest BCUT2D eigenvalue weighted by Gasteiger charge is 2.32. The van der Waals surface area contributed by atoms with Crippen molar-refractivity contribution in [2.75, 3.05) is 6.54 Å². The Morgan fingerprint density at radius 2 is 1.96 bits per heavy atom. The number of hydrogen-bond acceptors (Lipinski definition) is 5. The average molecular weight is 406 g/mol. The highest BCUT2D eigenvalue weighted by molar-refractivity contribution is 8.18. The van der Waals surface area contributed by atoms with E-state index in [4.69, 9.17) is 0 Å². The van der Waals surface area contributed by atoms with Crippen LogP contribution in [0, 0.1) is 6.92 Å². The summed E-state index contributed by atoms with van der Waals surface area (Å²) < 4.78 is 0. The molecule has 0 saturated carbocycles. The predicted molar refractivity (Wildman–Crippen MR) is 119 cm³/mol. The lowest BCUT2D eigenvalue weighted by atomic mass is 10.1. The maximum Gasteiger partial charge on any atom is 0.266 e. The van der Waals surface area contributed by atoms with Crippen molar-refractivity contribution in [3.05, 3.63) is 76.0 Å². The Morgan fingerprint density at radius 1 is 1.14 bits per heavy atom. The molecule has 2 aromatic carbocycles. The lowest BCUT2D eigenvalue weighted by Gasteiger charge is -2.11. The van der Waals surface area contributed by atoms with Gasteiger partial charge in [-0.3, -0.25) is 9.69 Å². The molecular formula is C22H19N3OS2. The van der Waals surface area contributed by atoms with Crippen molar-refractivity contribution >= 4 is 45.4 Å². The fourth-order valence-electron chi connectivity index (χ4n) is 2.92. The first-order valence-electron chi connectivity index (χ1n) is 9.02. The topological polar surface area (TPSA) is 45.6 Å².